The molecule has 152 valence electrons. The summed E-state index contributed by atoms with van der Waals surface area (Å²) in [5.41, 5.74) is 0. The van der Waals surface area contributed by atoms with E-state index in [9.17, 15) is 4.57 Å². The van der Waals surface area contributed by atoms with E-state index < -0.39 is 7.82 Å². The maximum Gasteiger partial charge on any atom is 0.647 e. The third kappa shape index (κ3) is 7.37. The summed E-state index contributed by atoms with van der Waals surface area (Å²) in [6.45, 7) is 0. The van der Waals surface area contributed by atoms with Gasteiger partial charge in [0.25, 0.3) is 0 Å². The molecule has 0 aliphatic heterocycles. The summed E-state index contributed by atoms with van der Waals surface area (Å²) >= 11 is 20.3. The topological polar surface area (TPSA) is 44.8 Å². The van der Waals surface area contributed by atoms with E-state index in [1.54, 1.807) is 36.4 Å². The molecule has 0 unspecified atom stereocenters. The van der Waals surface area contributed by atoms with E-state index in [0.29, 0.717) is 17.2 Å². The Hall–Kier alpha value is 0.170. The van der Waals surface area contributed by atoms with Crippen LogP contribution in [-0.4, -0.2) is 0 Å². The van der Waals surface area contributed by atoms with E-state index in [-0.39, 0.29) is 0 Å². The van der Waals surface area contributed by atoms with E-state index in [1.165, 1.54) is 0 Å². The lowest BCUT2D eigenvalue weighted by atomic mass is 10.3. The SMILES string of the molecule is O=P(Oc1cc(Br)cc(Br)c1)(Oc1cc(Br)cc(Br)c1)Oc1cc(Br)cc(Br)c1. The average molecular weight is 800 g/mol. The van der Waals surface area contributed by atoms with Gasteiger partial charge in [0, 0.05) is 26.8 Å². The molecule has 0 amide bonds. The van der Waals surface area contributed by atoms with Gasteiger partial charge in [0.2, 0.25) is 0 Å². The zero-order valence-electron chi connectivity index (χ0n) is 14.0. The summed E-state index contributed by atoms with van der Waals surface area (Å²) in [5, 5.41) is 0. The minimum absolute atomic E-state index is 0.303. The van der Waals surface area contributed by atoms with Gasteiger partial charge in [0.05, 0.1) is 0 Å². The first kappa shape index (κ1) is 23.8. The van der Waals surface area contributed by atoms with Crippen LogP contribution in [0.15, 0.2) is 81.4 Å². The van der Waals surface area contributed by atoms with Crippen LogP contribution in [0.3, 0.4) is 0 Å². The van der Waals surface area contributed by atoms with Crippen LogP contribution in [-0.2, 0) is 4.57 Å². The van der Waals surface area contributed by atoms with Crippen molar-refractivity contribution in [2.24, 2.45) is 0 Å². The van der Waals surface area contributed by atoms with Gasteiger partial charge >= 0.3 is 7.82 Å². The van der Waals surface area contributed by atoms with E-state index in [0.717, 1.165) is 26.8 Å². The second kappa shape index (κ2) is 10.2. The number of hydrogen-bond donors (Lipinski definition) is 0. The van der Waals surface area contributed by atoms with Gasteiger partial charge in [0.15, 0.2) is 0 Å². The van der Waals surface area contributed by atoms with Crippen molar-refractivity contribution in [3.8, 4) is 17.2 Å². The highest BCUT2D eigenvalue weighted by Gasteiger charge is 2.34. The molecular formula is C18H9Br6O4P. The Morgan fingerprint density at radius 3 is 0.862 bits per heavy atom. The second-order valence-electron chi connectivity index (χ2n) is 5.54. The largest absolute Gasteiger partial charge is 0.647 e. The molecule has 0 atom stereocenters. The fraction of sp³-hybridized carbons (Fsp3) is 0. The molecule has 0 spiro atoms. The molecule has 0 aliphatic carbocycles. The number of hydrogen-bond acceptors (Lipinski definition) is 4. The molecular weight excluding hydrogens is 791 g/mol. The van der Waals surface area contributed by atoms with Crippen molar-refractivity contribution in [3.05, 3.63) is 81.4 Å². The zero-order valence-corrected chi connectivity index (χ0v) is 24.5. The standard InChI is InChI=1S/C18H9Br6O4P/c19-10-1-11(20)5-16(4-10)26-29(25,27-17-6-12(21)2-13(22)7-17)28-18-8-14(23)3-15(24)9-18/h1-9H. The van der Waals surface area contributed by atoms with Gasteiger partial charge in [-0.1, -0.05) is 95.6 Å². The van der Waals surface area contributed by atoms with Crippen LogP contribution in [0.4, 0.5) is 0 Å². The van der Waals surface area contributed by atoms with E-state index >= 15 is 0 Å². The molecule has 4 nitrogen and oxygen atoms in total. The Morgan fingerprint density at radius 1 is 0.448 bits per heavy atom. The summed E-state index contributed by atoms with van der Waals surface area (Å²) in [4.78, 5) is 0. The molecule has 3 aromatic rings. The molecule has 0 saturated carbocycles. The molecule has 0 saturated heterocycles. The third-order valence-electron chi connectivity index (χ3n) is 3.16. The predicted octanol–water partition coefficient (Wildman–Crippen LogP) is 9.91. The lowest BCUT2D eigenvalue weighted by Gasteiger charge is -2.20. The van der Waals surface area contributed by atoms with Crippen molar-refractivity contribution >= 4 is 103 Å². The average Bonchev–Trinajstić information content (AvgIpc) is 2.50. The van der Waals surface area contributed by atoms with E-state index in [2.05, 4.69) is 95.6 Å². The van der Waals surface area contributed by atoms with Crippen molar-refractivity contribution < 1.29 is 18.1 Å². The van der Waals surface area contributed by atoms with Gasteiger partial charge in [-0.05, 0) is 54.6 Å². The highest BCUT2D eigenvalue weighted by atomic mass is 79.9. The van der Waals surface area contributed by atoms with Crippen molar-refractivity contribution in [2.75, 3.05) is 0 Å². The Kier molecular flexibility index (Phi) is 8.37. The number of halogens is 6. The molecule has 3 aromatic carbocycles. The highest BCUT2D eigenvalue weighted by molar-refractivity contribution is 9.11. The minimum atomic E-state index is -4.13. The Balaban J connectivity index is 2.00. The smallest absolute Gasteiger partial charge is 0.386 e. The second-order valence-corrected chi connectivity index (χ2v) is 12.5. The fourth-order valence-corrected chi connectivity index (χ4v) is 7.14. The van der Waals surface area contributed by atoms with Gasteiger partial charge in [-0.2, -0.15) is 4.57 Å². The third-order valence-corrected chi connectivity index (χ3v) is 7.21. The number of phosphoric ester groups is 1. The number of benzene rings is 3. The molecule has 0 bridgehead atoms. The molecule has 0 aliphatic rings. The first-order chi connectivity index (χ1) is 13.6. The van der Waals surface area contributed by atoms with Crippen LogP contribution in [0, 0.1) is 0 Å². The van der Waals surface area contributed by atoms with Crippen molar-refractivity contribution in [2.45, 2.75) is 0 Å². The fourth-order valence-electron chi connectivity index (χ4n) is 2.19. The first-order valence-corrected chi connectivity index (χ1v) is 13.9. The molecule has 3 rings (SSSR count). The van der Waals surface area contributed by atoms with Crippen LogP contribution < -0.4 is 13.6 Å². The summed E-state index contributed by atoms with van der Waals surface area (Å²) in [6, 6.07) is 15.5. The van der Waals surface area contributed by atoms with Crippen LogP contribution >= 0.6 is 103 Å². The first-order valence-electron chi connectivity index (χ1n) is 7.67. The Morgan fingerprint density at radius 2 is 0.655 bits per heavy atom. The van der Waals surface area contributed by atoms with Crippen molar-refractivity contribution in [1.29, 1.82) is 0 Å². The molecule has 11 heteroatoms. The van der Waals surface area contributed by atoms with Crippen molar-refractivity contribution in [3.63, 3.8) is 0 Å². The quantitative estimate of drug-likeness (QED) is 0.233. The molecule has 0 heterocycles. The summed E-state index contributed by atoms with van der Waals surface area (Å²) in [6.07, 6.45) is 0. The monoisotopic (exact) mass is 794 g/mol. The Bertz CT molecular complexity index is 910. The maximum absolute atomic E-state index is 13.6. The van der Waals surface area contributed by atoms with Crippen LogP contribution in [0.1, 0.15) is 0 Å². The highest BCUT2D eigenvalue weighted by Crippen LogP contribution is 2.51. The summed E-state index contributed by atoms with van der Waals surface area (Å²) < 4.78 is 35.2. The predicted molar refractivity (Wildman–Crippen MR) is 135 cm³/mol. The van der Waals surface area contributed by atoms with Crippen molar-refractivity contribution in [1.82, 2.24) is 0 Å². The molecule has 0 aromatic heterocycles. The summed E-state index contributed by atoms with van der Waals surface area (Å²) in [5.74, 6) is 0.910. The van der Waals surface area contributed by atoms with Crippen LogP contribution in [0.2, 0.25) is 0 Å². The van der Waals surface area contributed by atoms with Gasteiger partial charge in [0.1, 0.15) is 17.2 Å². The molecule has 0 N–H and O–H groups in total. The molecule has 0 radical (unpaired) electrons. The van der Waals surface area contributed by atoms with Gasteiger partial charge < -0.3 is 13.6 Å². The lowest BCUT2D eigenvalue weighted by molar-refractivity contribution is 0.298. The summed E-state index contributed by atoms with van der Waals surface area (Å²) in [7, 11) is -4.13. The van der Waals surface area contributed by atoms with E-state index in [1.807, 2.05) is 18.2 Å². The van der Waals surface area contributed by atoms with Gasteiger partial charge in [-0.15, -0.1) is 0 Å². The minimum Gasteiger partial charge on any atom is -0.386 e. The number of rotatable bonds is 6. The molecule has 29 heavy (non-hydrogen) atoms. The van der Waals surface area contributed by atoms with Gasteiger partial charge in [-0.25, -0.2) is 0 Å². The lowest BCUT2D eigenvalue weighted by Crippen LogP contribution is -2.08. The molecule has 0 fully saturated rings. The normalized spacial score (nSPS) is 11.2. The maximum atomic E-state index is 13.6. The van der Waals surface area contributed by atoms with Crippen LogP contribution in [0.5, 0.6) is 17.2 Å². The van der Waals surface area contributed by atoms with Gasteiger partial charge in [-0.3, -0.25) is 0 Å². The van der Waals surface area contributed by atoms with E-state index in [4.69, 9.17) is 13.6 Å². The Labute approximate surface area is 218 Å². The zero-order chi connectivity index (χ0) is 21.2. The number of phosphoric acid groups is 1. The van der Waals surface area contributed by atoms with Crippen LogP contribution in [0.25, 0.3) is 0 Å².